The highest BCUT2D eigenvalue weighted by Crippen LogP contribution is 2.31. The first-order chi connectivity index (χ1) is 11.3. The Hall–Kier alpha value is -2.49. The smallest absolute Gasteiger partial charge is 0.312 e. The van der Waals surface area contributed by atoms with Crippen LogP contribution >= 0.6 is 0 Å². The lowest BCUT2D eigenvalue weighted by atomic mass is 10.3. The van der Waals surface area contributed by atoms with E-state index in [-0.39, 0.29) is 11.9 Å². The van der Waals surface area contributed by atoms with Gasteiger partial charge in [0.15, 0.2) is 0 Å². The molecule has 1 saturated carbocycles. The van der Waals surface area contributed by atoms with E-state index < -0.39 is 6.29 Å². The maximum absolute atomic E-state index is 11.9. The van der Waals surface area contributed by atoms with Crippen molar-refractivity contribution >= 4 is 5.97 Å². The van der Waals surface area contributed by atoms with Crippen molar-refractivity contribution in [1.29, 1.82) is 0 Å². The van der Waals surface area contributed by atoms with Crippen molar-refractivity contribution in [3.05, 3.63) is 60.7 Å². The van der Waals surface area contributed by atoms with Crippen LogP contribution < -0.4 is 9.47 Å². The van der Waals surface area contributed by atoms with Crippen molar-refractivity contribution in [2.75, 3.05) is 6.61 Å². The van der Waals surface area contributed by atoms with Gasteiger partial charge < -0.3 is 14.2 Å². The molecule has 4 nitrogen and oxygen atoms in total. The topological polar surface area (TPSA) is 44.8 Å². The Labute approximate surface area is 136 Å². The van der Waals surface area contributed by atoms with E-state index >= 15 is 0 Å². The fraction of sp³-hybridized carbons (Fsp3) is 0.316. The molecule has 0 aliphatic heterocycles. The number of hydrogen-bond donors (Lipinski definition) is 0. The van der Waals surface area contributed by atoms with E-state index in [0.717, 1.165) is 18.6 Å². The van der Waals surface area contributed by atoms with Crippen LogP contribution in [0.2, 0.25) is 0 Å². The minimum atomic E-state index is -0.630. The van der Waals surface area contributed by atoms with Crippen molar-refractivity contribution in [1.82, 2.24) is 0 Å². The molecule has 0 amide bonds. The lowest BCUT2D eigenvalue weighted by Gasteiger charge is -2.19. The van der Waals surface area contributed by atoms with Crippen molar-refractivity contribution in [2.24, 2.45) is 5.92 Å². The Kier molecular flexibility index (Phi) is 5.14. The summed E-state index contributed by atoms with van der Waals surface area (Å²) in [5, 5.41) is 0. The van der Waals surface area contributed by atoms with E-state index in [0.29, 0.717) is 18.8 Å². The van der Waals surface area contributed by atoms with Gasteiger partial charge in [0, 0.05) is 0 Å². The van der Waals surface area contributed by atoms with Gasteiger partial charge in [-0.3, -0.25) is 4.79 Å². The third-order valence-electron chi connectivity index (χ3n) is 3.53. The Morgan fingerprint density at radius 1 is 0.957 bits per heavy atom. The van der Waals surface area contributed by atoms with E-state index in [9.17, 15) is 4.79 Å². The van der Waals surface area contributed by atoms with Gasteiger partial charge in [0.05, 0.1) is 18.9 Å². The maximum Gasteiger partial charge on any atom is 0.312 e. The molecule has 0 N–H and O–H groups in total. The molecular formula is C19H20O4. The highest BCUT2D eigenvalue weighted by Gasteiger charge is 2.33. The van der Waals surface area contributed by atoms with Crippen molar-refractivity contribution in [3.63, 3.8) is 0 Å². The number of rotatable bonds is 8. The molecule has 23 heavy (non-hydrogen) atoms. The molecular weight excluding hydrogens is 292 g/mol. The summed E-state index contributed by atoms with van der Waals surface area (Å²) in [6, 6.07) is 18.9. The highest BCUT2D eigenvalue weighted by atomic mass is 16.7. The van der Waals surface area contributed by atoms with E-state index in [4.69, 9.17) is 14.2 Å². The monoisotopic (exact) mass is 312 g/mol. The number of benzene rings is 2. The summed E-state index contributed by atoms with van der Waals surface area (Å²) in [5.74, 6) is 1.35. The SMILES string of the molecule is O=C(OC(CCOc1ccccc1)Oc1ccccc1)C1CC1. The van der Waals surface area contributed by atoms with Crippen LogP contribution in [0.3, 0.4) is 0 Å². The van der Waals surface area contributed by atoms with Crippen molar-refractivity contribution in [2.45, 2.75) is 25.6 Å². The van der Waals surface area contributed by atoms with Crippen molar-refractivity contribution < 1.29 is 19.0 Å². The minimum absolute atomic E-state index is 0.0481. The molecule has 0 heterocycles. The predicted molar refractivity (Wildman–Crippen MR) is 86.2 cm³/mol. The molecule has 120 valence electrons. The summed E-state index contributed by atoms with van der Waals surface area (Å²) in [4.78, 5) is 11.9. The Balaban J connectivity index is 1.54. The first-order valence-electron chi connectivity index (χ1n) is 7.91. The quantitative estimate of drug-likeness (QED) is 0.549. The predicted octanol–water partition coefficient (Wildman–Crippen LogP) is 3.81. The average Bonchev–Trinajstić information content (AvgIpc) is 3.42. The van der Waals surface area contributed by atoms with Gasteiger partial charge in [-0.2, -0.15) is 0 Å². The second-order valence-electron chi connectivity index (χ2n) is 5.52. The number of ether oxygens (including phenoxy) is 3. The number of carbonyl (C=O) groups excluding carboxylic acids is 1. The van der Waals surface area contributed by atoms with Gasteiger partial charge in [0.2, 0.25) is 6.29 Å². The van der Waals surface area contributed by atoms with Crippen LogP contribution in [0.5, 0.6) is 11.5 Å². The number of carbonyl (C=O) groups is 1. The summed E-state index contributed by atoms with van der Waals surface area (Å²) in [6.07, 6.45) is 1.67. The van der Waals surface area contributed by atoms with E-state index in [2.05, 4.69) is 0 Å². The van der Waals surface area contributed by atoms with Gasteiger partial charge in [-0.15, -0.1) is 0 Å². The molecule has 0 spiro atoms. The summed E-state index contributed by atoms with van der Waals surface area (Å²) in [6.45, 7) is 0.416. The average molecular weight is 312 g/mol. The Bertz CT molecular complexity index is 608. The van der Waals surface area contributed by atoms with Gasteiger partial charge in [-0.25, -0.2) is 0 Å². The molecule has 1 unspecified atom stereocenters. The largest absolute Gasteiger partial charge is 0.493 e. The summed E-state index contributed by atoms with van der Waals surface area (Å²) in [5.41, 5.74) is 0. The van der Waals surface area contributed by atoms with Crippen LogP contribution in [0.15, 0.2) is 60.7 Å². The zero-order chi connectivity index (χ0) is 15.9. The van der Waals surface area contributed by atoms with Crippen molar-refractivity contribution in [3.8, 4) is 11.5 Å². The summed E-state index contributed by atoms with van der Waals surface area (Å²) >= 11 is 0. The van der Waals surface area contributed by atoms with E-state index in [1.54, 1.807) is 0 Å². The molecule has 0 bridgehead atoms. The molecule has 1 aliphatic rings. The second kappa shape index (κ2) is 7.68. The minimum Gasteiger partial charge on any atom is -0.493 e. The van der Waals surface area contributed by atoms with Crippen LogP contribution in [-0.4, -0.2) is 18.9 Å². The van der Waals surface area contributed by atoms with Crippen LogP contribution in [-0.2, 0) is 9.53 Å². The molecule has 2 aromatic rings. The van der Waals surface area contributed by atoms with Crippen LogP contribution in [0, 0.1) is 5.92 Å². The Morgan fingerprint density at radius 2 is 1.57 bits per heavy atom. The normalized spacial score (nSPS) is 14.8. The fourth-order valence-electron chi connectivity index (χ4n) is 2.13. The number of hydrogen-bond acceptors (Lipinski definition) is 4. The molecule has 4 heteroatoms. The number of para-hydroxylation sites is 2. The van der Waals surface area contributed by atoms with Gasteiger partial charge in [-0.05, 0) is 37.1 Å². The first-order valence-corrected chi connectivity index (χ1v) is 7.91. The van der Waals surface area contributed by atoms with E-state index in [1.807, 2.05) is 60.7 Å². The zero-order valence-electron chi connectivity index (χ0n) is 12.9. The Morgan fingerprint density at radius 3 is 2.17 bits per heavy atom. The van der Waals surface area contributed by atoms with E-state index in [1.165, 1.54) is 0 Å². The standard InChI is InChI=1S/C19H20O4/c20-19(15-11-12-15)23-18(22-17-9-5-2-6-10-17)13-14-21-16-7-3-1-4-8-16/h1-10,15,18H,11-14H2. The third-order valence-corrected chi connectivity index (χ3v) is 3.53. The van der Waals surface area contributed by atoms with Gasteiger partial charge in [0.25, 0.3) is 0 Å². The van der Waals surface area contributed by atoms with Gasteiger partial charge in [0.1, 0.15) is 11.5 Å². The first kappa shape index (κ1) is 15.4. The molecule has 3 rings (SSSR count). The lowest BCUT2D eigenvalue weighted by Crippen LogP contribution is -2.27. The zero-order valence-corrected chi connectivity index (χ0v) is 12.9. The summed E-state index contributed by atoms with van der Waals surface area (Å²) < 4.78 is 16.9. The molecule has 0 saturated heterocycles. The fourth-order valence-corrected chi connectivity index (χ4v) is 2.13. The molecule has 0 aromatic heterocycles. The number of esters is 1. The van der Waals surface area contributed by atoms with Gasteiger partial charge in [-0.1, -0.05) is 36.4 Å². The van der Waals surface area contributed by atoms with Crippen LogP contribution in [0.4, 0.5) is 0 Å². The second-order valence-corrected chi connectivity index (χ2v) is 5.52. The summed E-state index contributed by atoms with van der Waals surface area (Å²) in [7, 11) is 0. The molecule has 1 aliphatic carbocycles. The maximum atomic E-state index is 11.9. The molecule has 1 atom stereocenters. The third kappa shape index (κ3) is 5.02. The van der Waals surface area contributed by atoms with Crippen LogP contribution in [0.25, 0.3) is 0 Å². The molecule has 2 aromatic carbocycles. The highest BCUT2D eigenvalue weighted by molar-refractivity contribution is 5.75. The molecule has 0 radical (unpaired) electrons. The molecule has 1 fully saturated rings. The lowest BCUT2D eigenvalue weighted by molar-refractivity contribution is -0.166. The van der Waals surface area contributed by atoms with Crippen LogP contribution in [0.1, 0.15) is 19.3 Å². The van der Waals surface area contributed by atoms with Gasteiger partial charge >= 0.3 is 5.97 Å².